The zero-order valence-electron chi connectivity index (χ0n) is 12.7. The van der Waals surface area contributed by atoms with Crippen molar-refractivity contribution in [2.45, 2.75) is 38.0 Å². The van der Waals surface area contributed by atoms with Crippen molar-refractivity contribution in [3.8, 4) is 17.0 Å². The van der Waals surface area contributed by atoms with E-state index in [-0.39, 0.29) is 17.4 Å². The van der Waals surface area contributed by atoms with E-state index in [0.717, 1.165) is 36.8 Å². The van der Waals surface area contributed by atoms with Crippen LogP contribution >= 0.6 is 0 Å². The fourth-order valence-electron chi connectivity index (χ4n) is 3.51. The number of hydrogen-bond donors (Lipinski definition) is 2. The van der Waals surface area contributed by atoms with Crippen molar-refractivity contribution in [2.24, 2.45) is 0 Å². The first-order chi connectivity index (χ1) is 11.3. The quantitative estimate of drug-likeness (QED) is 0.762. The summed E-state index contributed by atoms with van der Waals surface area (Å²) in [5.41, 5.74) is 2.36. The normalized spacial score (nSPS) is 16.0. The zero-order valence-corrected chi connectivity index (χ0v) is 12.7. The third kappa shape index (κ3) is 2.30. The molecule has 3 aromatic heterocycles. The minimum atomic E-state index is -0.215. The van der Waals surface area contributed by atoms with Crippen molar-refractivity contribution >= 4 is 5.65 Å². The molecule has 0 unspecified atom stereocenters. The Kier molecular flexibility index (Phi) is 3.37. The highest BCUT2D eigenvalue weighted by molar-refractivity contribution is 5.76. The summed E-state index contributed by atoms with van der Waals surface area (Å²) in [4.78, 5) is 19.6. The van der Waals surface area contributed by atoms with Crippen LogP contribution in [-0.2, 0) is 0 Å². The average Bonchev–Trinajstić information content (AvgIpc) is 3.00. The molecule has 118 valence electrons. The Morgan fingerprint density at radius 2 is 2.04 bits per heavy atom. The Morgan fingerprint density at radius 1 is 1.22 bits per heavy atom. The lowest BCUT2D eigenvalue weighted by Gasteiger charge is -2.21. The third-order valence-electron chi connectivity index (χ3n) is 4.67. The Bertz CT molecular complexity index is 892. The van der Waals surface area contributed by atoms with Crippen molar-refractivity contribution in [2.75, 3.05) is 0 Å². The monoisotopic (exact) mass is 310 g/mol. The molecule has 3 heterocycles. The van der Waals surface area contributed by atoms with Crippen molar-refractivity contribution in [3.63, 3.8) is 0 Å². The van der Waals surface area contributed by atoms with Crippen molar-refractivity contribution in [1.82, 2.24) is 19.6 Å². The van der Waals surface area contributed by atoms with E-state index in [9.17, 15) is 9.90 Å². The molecule has 0 atom stereocenters. The van der Waals surface area contributed by atoms with Crippen LogP contribution in [0.1, 0.15) is 43.6 Å². The van der Waals surface area contributed by atoms with Crippen LogP contribution in [0.5, 0.6) is 5.88 Å². The van der Waals surface area contributed by atoms with Gasteiger partial charge < -0.3 is 10.1 Å². The first-order valence-corrected chi connectivity index (χ1v) is 7.99. The van der Waals surface area contributed by atoms with Crippen LogP contribution in [0.3, 0.4) is 0 Å². The molecule has 3 aromatic rings. The zero-order chi connectivity index (χ0) is 15.8. The first-order valence-electron chi connectivity index (χ1n) is 7.99. The minimum absolute atomic E-state index is 0.0363. The number of nitrogens with one attached hydrogen (secondary N) is 1. The van der Waals surface area contributed by atoms with Crippen molar-refractivity contribution in [3.05, 3.63) is 46.6 Å². The molecule has 1 aliphatic rings. The summed E-state index contributed by atoms with van der Waals surface area (Å²) >= 11 is 0. The number of fused-ring (bicyclic) bond motifs is 1. The molecule has 4 rings (SSSR count). The van der Waals surface area contributed by atoms with E-state index in [1.54, 1.807) is 18.6 Å². The van der Waals surface area contributed by atoms with Crippen LogP contribution in [0.2, 0.25) is 0 Å². The SMILES string of the molecule is O=c1[nH]c2c(-c3cccnc3)cnn2c(O)c1C1CCCCC1. The highest BCUT2D eigenvalue weighted by atomic mass is 16.3. The fourth-order valence-corrected chi connectivity index (χ4v) is 3.51. The summed E-state index contributed by atoms with van der Waals surface area (Å²) in [6, 6.07) is 3.72. The molecule has 0 saturated heterocycles. The predicted octanol–water partition coefficient (Wildman–Crippen LogP) is 2.84. The third-order valence-corrected chi connectivity index (χ3v) is 4.67. The van der Waals surface area contributed by atoms with Crippen molar-refractivity contribution < 1.29 is 5.11 Å². The summed E-state index contributed by atoms with van der Waals surface area (Å²) in [6.07, 6.45) is 10.3. The highest BCUT2D eigenvalue weighted by Crippen LogP contribution is 2.35. The van der Waals surface area contributed by atoms with Gasteiger partial charge in [0.2, 0.25) is 5.88 Å². The number of aromatic hydroxyl groups is 1. The summed E-state index contributed by atoms with van der Waals surface area (Å²) < 4.78 is 1.42. The van der Waals surface area contributed by atoms with Crippen LogP contribution in [0.15, 0.2) is 35.5 Å². The van der Waals surface area contributed by atoms with Crippen LogP contribution in [0, 0.1) is 0 Å². The van der Waals surface area contributed by atoms with Gasteiger partial charge in [-0.1, -0.05) is 25.3 Å². The molecule has 0 spiro atoms. The van der Waals surface area contributed by atoms with E-state index in [1.165, 1.54) is 10.9 Å². The second-order valence-electron chi connectivity index (χ2n) is 6.09. The van der Waals surface area contributed by atoms with Gasteiger partial charge in [0.05, 0.1) is 11.8 Å². The molecule has 2 N–H and O–H groups in total. The molecule has 1 aliphatic carbocycles. The molecule has 0 aliphatic heterocycles. The lowest BCUT2D eigenvalue weighted by Crippen LogP contribution is -2.20. The molecule has 0 radical (unpaired) electrons. The van der Waals surface area contributed by atoms with Crippen molar-refractivity contribution in [1.29, 1.82) is 0 Å². The Balaban J connectivity index is 1.89. The first kappa shape index (κ1) is 14.0. The average molecular weight is 310 g/mol. The summed E-state index contributed by atoms with van der Waals surface area (Å²) in [7, 11) is 0. The van der Waals surface area contributed by atoms with Gasteiger partial charge in [-0.3, -0.25) is 9.78 Å². The van der Waals surface area contributed by atoms with Crippen LogP contribution in [0.4, 0.5) is 0 Å². The van der Waals surface area contributed by atoms with Gasteiger partial charge >= 0.3 is 0 Å². The van der Waals surface area contributed by atoms with Crippen LogP contribution < -0.4 is 5.56 Å². The maximum absolute atomic E-state index is 12.6. The maximum Gasteiger partial charge on any atom is 0.258 e. The van der Waals surface area contributed by atoms with E-state index in [0.29, 0.717) is 11.2 Å². The number of aromatic amines is 1. The molecule has 0 aromatic carbocycles. The number of hydrogen-bond acceptors (Lipinski definition) is 4. The Labute approximate surface area is 132 Å². The molecule has 6 heteroatoms. The van der Waals surface area contributed by atoms with Gasteiger partial charge in [-0.2, -0.15) is 9.61 Å². The van der Waals surface area contributed by atoms with E-state index < -0.39 is 0 Å². The van der Waals surface area contributed by atoms with E-state index in [2.05, 4.69) is 15.1 Å². The van der Waals surface area contributed by atoms with E-state index >= 15 is 0 Å². The van der Waals surface area contributed by atoms with E-state index in [1.807, 2.05) is 12.1 Å². The molecule has 0 bridgehead atoms. The molecule has 1 fully saturated rings. The lowest BCUT2D eigenvalue weighted by molar-refractivity contribution is 0.390. The van der Waals surface area contributed by atoms with Gasteiger partial charge in [0.25, 0.3) is 5.56 Å². The summed E-state index contributed by atoms with van der Waals surface area (Å²) in [6.45, 7) is 0. The number of pyridine rings is 1. The largest absolute Gasteiger partial charge is 0.493 e. The fraction of sp³-hybridized carbons (Fsp3) is 0.353. The van der Waals surface area contributed by atoms with Gasteiger partial charge in [0.15, 0.2) is 0 Å². The molecular formula is C17H18N4O2. The van der Waals surface area contributed by atoms with Gasteiger partial charge in [-0.15, -0.1) is 0 Å². The van der Waals surface area contributed by atoms with Gasteiger partial charge in [-0.25, -0.2) is 0 Å². The smallest absolute Gasteiger partial charge is 0.258 e. The lowest BCUT2D eigenvalue weighted by atomic mass is 9.85. The summed E-state index contributed by atoms with van der Waals surface area (Å²) in [5, 5.41) is 14.9. The maximum atomic E-state index is 12.6. The molecule has 0 amide bonds. The van der Waals surface area contributed by atoms with E-state index in [4.69, 9.17) is 0 Å². The standard InChI is InChI=1S/C17H18N4O2/c22-16-14(11-5-2-1-3-6-11)17(23)21-15(20-16)13(10-19-21)12-7-4-8-18-9-12/h4,7-11,23H,1-3,5-6H2,(H,20,22). The number of H-pyrrole nitrogens is 1. The Hall–Kier alpha value is -2.63. The number of nitrogens with zero attached hydrogens (tertiary/aromatic N) is 3. The highest BCUT2D eigenvalue weighted by Gasteiger charge is 2.25. The van der Waals surface area contributed by atoms with Gasteiger partial charge in [0.1, 0.15) is 5.65 Å². The molecule has 1 saturated carbocycles. The topological polar surface area (TPSA) is 83.3 Å². The predicted molar refractivity (Wildman–Crippen MR) is 86.5 cm³/mol. The number of rotatable bonds is 2. The molecule has 23 heavy (non-hydrogen) atoms. The molecular weight excluding hydrogens is 292 g/mol. The van der Waals surface area contributed by atoms with Crippen LogP contribution in [-0.4, -0.2) is 24.7 Å². The number of aromatic nitrogens is 4. The second kappa shape index (κ2) is 5.53. The Morgan fingerprint density at radius 3 is 2.78 bits per heavy atom. The second-order valence-corrected chi connectivity index (χ2v) is 6.09. The van der Waals surface area contributed by atoms with Crippen LogP contribution in [0.25, 0.3) is 16.8 Å². The summed E-state index contributed by atoms with van der Waals surface area (Å²) in [5.74, 6) is 0.0775. The molecule has 6 nitrogen and oxygen atoms in total. The van der Waals surface area contributed by atoms with Gasteiger partial charge in [0, 0.05) is 23.5 Å². The minimum Gasteiger partial charge on any atom is -0.493 e. The van der Waals surface area contributed by atoms with Gasteiger partial charge in [-0.05, 0) is 24.8 Å².